The molecule has 0 N–H and O–H groups in total. The first-order valence-corrected chi connectivity index (χ1v) is 28.3. The van der Waals surface area contributed by atoms with Crippen molar-refractivity contribution >= 4 is 9.84 Å². The molecule has 7 aromatic rings. The summed E-state index contributed by atoms with van der Waals surface area (Å²) in [6.45, 7) is 6.88. The van der Waals surface area contributed by atoms with E-state index < -0.39 is 70.4 Å². The number of benzene rings is 7. The summed E-state index contributed by atoms with van der Waals surface area (Å²) in [7, 11) is -4.14. The van der Waals surface area contributed by atoms with Crippen LogP contribution >= 0.6 is 0 Å². The molecule has 0 aromatic heterocycles. The third-order valence-corrected chi connectivity index (χ3v) is 15.5. The average Bonchev–Trinajstić information content (AvgIpc) is 3.51. The highest BCUT2D eigenvalue weighted by Gasteiger charge is 2.56. The van der Waals surface area contributed by atoms with E-state index in [2.05, 4.69) is 6.58 Å². The summed E-state index contributed by atoms with van der Waals surface area (Å²) in [5.41, 5.74) is 5.29. The Hall–Kier alpha value is -6.17. The molecule has 408 valence electrons. The van der Waals surface area contributed by atoms with Gasteiger partial charge in [0.15, 0.2) is 21.6 Å². The zero-order valence-electron chi connectivity index (χ0n) is 44.1. The van der Waals surface area contributed by atoms with Crippen molar-refractivity contribution in [3.05, 3.63) is 263 Å². The molecule has 13 heteroatoms. The molecule has 10 atom stereocenters. The van der Waals surface area contributed by atoms with Gasteiger partial charge in [-0.25, -0.2) is 8.42 Å². The highest BCUT2D eigenvalue weighted by Crippen LogP contribution is 2.38. The Morgan fingerprint density at radius 1 is 0.385 bits per heavy atom. The maximum Gasteiger partial charge on any atom is 0.188 e. The van der Waals surface area contributed by atoms with Crippen LogP contribution in [0.15, 0.2) is 224 Å². The highest BCUT2D eigenvalue weighted by molar-refractivity contribution is 7.92. The molecule has 2 aliphatic rings. The second kappa shape index (κ2) is 29.2. The first-order valence-electron chi connectivity index (χ1n) is 26.6. The Balaban J connectivity index is 1.15. The molecule has 2 heterocycles. The van der Waals surface area contributed by atoms with Gasteiger partial charge in [0.25, 0.3) is 0 Å². The number of hydrogen-bond donors (Lipinski definition) is 0. The summed E-state index contributed by atoms with van der Waals surface area (Å²) in [4.78, 5) is 0. The van der Waals surface area contributed by atoms with Gasteiger partial charge in [-0.1, -0.05) is 224 Å². The molecular formula is C65H70O12S. The zero-order chi connectivity index (χ0) is 53.8. The van der Waals surface area contributed by atoms with Crippen molar-refractivity contribution in [2.75, 3.05) is 19.0 Å². The SMILES string of the molecule is C=C(C)CS(=O)(=O)C1OC(COCc2ccccc2)C(OC2OC(COCc3ccccc3)C(OCc3ccccc3)C(OCc3ccccc3)C2OCc2ccccc2)C(OCc2ccccc2)C1OCc1ccccc1. The van der Waals surface area contributed by atoms with Gasteiger partial charge in [-0.2, -0.15) is 0 Å². The van der Waals surface area contributed by atoms with Gasteiger partial charge in [0, 0.05) is 0 Å². The van der Waals surface area contributed by atoms with E-state index in [9.17, 15) is 8.42 Å². The molecule has 78 heavy (non-hydrogen) atoms. The molecule has 0 bridgehead atoms. The Morgan fingerprint density at radius 3 is 1.04 bits per heavy atom. The van der Waals surface area contributed by atoms with E-state index in [0.717, 1.165) is 38.9 Å². The molecule has 0 saturated carbocycles. The second-order valence-corrected chi connectivity index (χ2v) is 21.8. The molecule has 0 aliphatic carbocycles. The van der Waals surface area contributed by atoms with E-state index >= 15 is 0 Å². The smallest absolute Gasteiger partial charge is 0.188 e. The van der Waals surface area contributed by atoms with Crippen molar-refractivity contribution in [3.8, 4) is 0 Å². The minimum Gasteiger partial charge on any atom is -0.374 e. The lowest BCUT2D eigenvalue weighted by Crippen LogP contribution is -2.67. The fraction of sp³-hybridized carbons (Fsp3) is 0.323. The quantitative estimate of drug-likeness (QED) is 0.0434. The van der Waals surface area contributed by atoms with Gasteiger partial charge in [-0.3, -0.25) is 0 Å². The van der Waals surface area contributed by atoms with Crippen LogP contribution in [0.5, 0.6) is 0 Å². The molecule has 10 unspecified atom stereocenters. The Kier molecular flexibility index (Phi) is 21.1. The molecular weight excluding hydrogens is 1000 g/mol. The summed E-state index contributed by atoms with van der Waals surface area (Å²) < 4.78 is 99.4. The van der Waals surface area contributed by atoms with Crippen LogP contribution in [-0.4, -0.2) is 87.9 Å². The Labute approximate surface area is 459 Å². The van der Waals surface area contributed by atoms with E-state index in [-0.39, 0.29) is 58.6 Å². The van der Waals surface area contributed by atoms with Crippen LogP contribution in [0.25, 0.3) is 0 Å². The predicted molar refractivity (Wildman–Crippen MR) is 298 cm³/mol. The molecule has 2 fully saturated rings. The fourth-order valence-corrected chi connectivity index (χ4v) is 11.5. The first-order chi connectivity index (χ1) is 38.3. The molecule has 2 saturated heterocycles. The lowest BCUT2D eigenvalue weighted by Gasteiger charge is -2.50. The van der Waals surface area contributed by atoms with Crippen molar-refractivity contribution in [3.63, 3.8) is 0 Å². The largest absolute Gasteiger partial charge is 0.374 e. The maximum absolute atomic E-state index is 14.8. The van der Waals surface area contributed by atoms with Gasteiger partial charge in [-0.05, 0) is 45.9 Å². The van der Waals surface area contributed by atoms with Crippen LogP contribution < -0.4 is 0 Å². The summed E-state index contributed by atoms with van der Waals surface area (Å²) in [6.07, 6.45) is -9.14. The summed E-state index contributed by atoms with van der Waals surface area (Å²) in [5, 5.41) is 0. The predicted octanol–water partition coefficient (Wildman–Crippen LogP) is 11.2. The number of rotatable bonds is 28. The molecule has 7 aromatic carbocycles. The molecule has 0 radical (unpaired) electrons. The zero-order valence-corrected chi connectivity index (χ0v) is 44.9. The molecule has 0 amide bonds. The van der Waals surface area contributed by atoms with Crippen molar-refractivity contribution in [1.29, 1.82) is 0 Å². The van der Waals surface area contributed by atoms with Crippen molar-refractivity contribution in [2.45, 2.75) is 114 Å². The van der Waals surface area contributed by atoms with Crippen LogP contribution in [0.4, 0.5) is 0 Å². The van der Waals surface area contributed by atoms with E-state index in [1.165, 1.54) is 0 Å². The standard InChI is InChI=1S/C65H70O12S/c1-48(2)47-78(66,67)65-63(74-44-55-36-22-9-23-37-55)61(72-42-53-32-18-7-19-33-53)59(57(76-65)46-69-39-50-26-12-4-13-27-50)77-64-62(73-43-54-34-20-8-21-35-54)60(71-41-52-30-16-6-17-31-52)58(70-40-51-28-14-5-15-29-51)56(75-64)45-68-38-49-24-10-3-11-25-49/h3-37,56-65H,1,38-47H2,2H3. The summed E-state index contributed by atoms with van der Waals surface area (Å²) >= 11 is 0. The van der Waals surface area contributed by atoms with E-state index in [0.29, 0.717) is 12.2 Å². The minimum atomic E-state index is -4.14. The lowest BCUT2D eigenvalue weighted by molar-refractivity contribution is -0.360. The van der Waals surface area contributed by atoms with E-state index in [4.69, 9.17) is 47.4 Å². The fourth-order valence-electron chi connectivity index (χ4n) is 9.67. The van der Waals surface area contributed by atoms with Gasteiger partial charge in [0.05, 0.1) is 65.2 Å². The Morgan fingerprint density at radius 2 is 0.679 bits per heavy atom. The third kappa shape index (κ3) is 16.4. The van der Waals surface area contributed by atoms with E-state index in [1.54, 1.807) is 6.92 Å². The van der Waals surface area contributed by atoms with Gasteiger partial charge in [-0.15, -0.1) is 0 Å². The van der Waals surface area contributed by atoms with E-state index in [1.807, 2.05) is 212 Å². The molecule has 12 nitrogen and oxygen atoms in total. The van der Waals surface area contributed by atoms with Crippen LogP contribution in [0.2, 0.25) is 0 Å². The van der Waals surface area contributed by atoms with Gasteiger partial charge in [0.2, 0.25) is 0 Å². The van der Waals surface area contributed by atoms with Crippen molar-refractivity contribution < 1.29 is 55.8 Å². The van der Waals surface area contributed by atoms with Crippen molar-refractivity contribution in [2.24, 2.45) is 0 Å². The maximum atomic E-state index is 14.8. The second-order valence-electron chi connectivity index (χ2n) is 19.8. The molecule has 2 aliphatic heterocycles. The summed E-state index contributed by atoms with van der Waals surface area (Å²) in [6, 6.07) is 68.7. The highest BCUT2D eigenvalue weighted by atomic mass is 32.2. The number of ether oxygens (including phenoxy) is 10. The Bertz CT molecular complexity index is 2920. The number of hydrogen-bond acceptors (Lipinski definition) is 12. The molecule has 0 spiro atoms. The monoisotopic (exact) mass is 1070 g/mol. The van der Waals surface area contributed by atoms with Gasteiger partial charge < -0.3 is 47.4 Å². The molecule has 9 rings (SSSR count). The lowest BCUT2D eigenvalue weighted by atomic mass is 9.96. The van der Waals surface area contributed by atoms with Crippen molar-refractivity contribution in [1.82, 2.24) is 0 Å². The van der Waals surface area contributed by atoms with Crippen LogP contribution in [0.3, 0.4) is 0 Å². The van der Waals surface area contributed by atoms with Crippen LogP contribution in [0.1, 0.15) is 45.9 Å². The van der Waals surface area contributed by atoms with Gasteiger partial charge >= 0.3 is 0 Å². The third-order valence-electron chi connectivity index (χ3n) is 13.5. The summed E-state index contributed by atoms with van der Waals surface area (Å²) in [5.74, 6) is -0.353. The first kappa shape index (κ1) is 56.5. The minimum absolute atomic E-state index is 0.0421. The average molecular weight is 1080 g/mol. The van der Waals surface area contributed by atoms with Gasteiger partial charge in [0.1, 0.15) is 48.8 Å². The van der Waals surface area contributed by atoms with Crippen LogP contribution in [-0.2, 0) is 103 Å². The van der Waals surface area contributed by atoms with Crippen LogP contribution in [0, 0.1) is 0 Å². The number of sulfone groups is 1. The topological polar surface area (TPSA) is 126 Å². The normalized spacial score (nSPS) is 23.4.